The van der Waals surface area contributed by atoms with Crippen LogP contribution in [0.1, 0.15) is 39.6 Å². The molecule has 2 rings (SSSR count). The van der Waals surface area contributed by atoms with Crippen molar-refractivity contribution in [2.24, 2.45) is 5.41 Å². The van der Waals surface area contributed by atoms with Crippen LogP contribution in [0.15, 0.2) is 22.7 Å². The fraction of sp³-hybridized carbons (Fsp3) is 0.467. The maximum Gasteiger partial charge on any atom is 0.261 e. The van der Waals surface area contributed by atoms with Crippen LogP contribution in [0.5, 0.6) is 5.75 Å². The summed E-state index contributed by atoms with van der Waals surface area (Å²) >= 11 is 2.17. The van der Waals surface area contributed by atoms with Crippen LogP contribution in [-0.2, 0) is 4.74 Å². The topological polar surface area (TPSA) is 68.4 Å². The van der Waals surface area contributed by atoms with Gasteiger partial charge in [-0.1, -0.05) is 25.9 Å². The molecular formula is C15H19IN2O3. The second kappa shape index (κ2) is 6.31. The third-order valence-electron chi connectivity index (χ3n) is 2.99. The predicted molar refractivity (Wildman–Crippen MR) is 87.9 cm³/mol. The molecule has 0 aliphatic rings. The monoisotopic (exact) mass is 402 g/mol. The number of phenolic OH excluding ortho intramolecular Hbond substituents is 1. The second-order valence-corrected chi connectivity index (χ2v) is 7.07. The minimum Gasteiger partial charge on any atom is -0.507 e. The molecule has 1 atom stereocenters. The van der Waals surface area contributed by atoms with Gasteiger partial charge < -0.3 is 14.4 Å². The summed E-state index contributed by atoms with van der Waals surface area (Å²) in [6, 6.07) is 5.24. The summed E-state index contributed by atoms with van der Waals surface area (Å²) in [5.41, 5.74) is 0.384. The van der Waals surface area contributed by atoms with Gasteiger partial charge in [0.1, 0.15) is 11.9 Å². The second-order valence-electron chi connectivity index (χ2n) is 5.82. The molecule has 0 radical (unpaired) electrons. The molecule has 0 spiro atoms. The fourth-order valence-corrected chi connectivity index (χ4v) is 2.50. The maximum atomic E-state index is 9.94. The molecule has 1 aromatic carbocycles. The molecule has 5 nitrogen and oxygen atoms in total. The first-order valence-electron chi connectivity index (χ1n) is 6.77. The van der Waals surface area contributed by atoms with Crippen molar-refractivity contribution in [2.75, 3.05) is 6.61 Å². The lowest BCUT2D eigenvalue weighted by molar-refractivity contribution is -0.0203. The number of hydrogen-bond donors (Lipinski definition) is 1. The number of nitrogens with zero attached hydrogens (tertiary/aromatic N) is 2. The van der Waals surface area contributed by atoms with Gasteiger partial charge in [-0.15, -0.1) is 0 Å². The molecule has 114 valence electrons. The predicted octanol–water partition coefficient (Wildman–Crippen LogP) is 4.17. The van der Waals surface area contributed by atoms with Crippen molar-refractivity contribution in [3.63, 3.8) is 0 Å². The van der Waals surface area contributed by atoms with Gasteiger partial charge in [0.2, 0.25) is 5.82 Å². The third-order valence-corrected chi connectivity index (χ3v) is 3.66. The van der Waals surface area contributed by atoms with Crippen LogP contribution >= 0.6 is 22.6 Å². The Kier molecular flexibility index (Phi) is 4.88. The van der Waals surface area contributed by atoms with Crippen molar-refractivity contribution >= 4 is 22.6 Å². The first-order chi connectivity index (χ1) is 9.82. The molecule has 1 aromatic heterocycles. The minimum absolute atomic E-state index is 0.120. The quantitative estimate of drug-likeness (QED) is 0.778. The van der Waals surface area contributed by atoms with Gasteiger partial charge in [-0.3, -0.25) is 0 Å². The lowest BCUT2D eigenvalue weighted by atomic mass is 9.88. The summed E-state index contributed by atoms with van der Waals surface area (Å²) < 4.78 is 12.0. The highest BCUT2D eigenvalue weighted by Crippen LogP contribution is 2.36. The summed E-state index contributed by atoms with van der Waals surface area (Å²) in [4.78, 5) is 4.40. The van der Waals surface area contributed by atoms with Crippen molar-refractivity contribution in [1.29, 1.82) is 0 Å². The van der Waals surface area contributed by atoms with Gasteiger partial charge in [0, 0.05) is 10.2 Å². The Morgan fingerprint density at radius 3 is 2.71 bits per heavy atom. The molecule has 0 saturated carbocycles. The van der Waals surface area contributed by atoms with E-state index in [4.69, 9.17) is 9.26 Å². The lowest BCUT2D eigenvalue weighted by Gasteiger charge is -2.27. The van der Waals surface area contributed by atoms with Gasteiger partial charge in [0.05, 0.1) is 5.56 Å². The SMILES string of the molecule is CCOC(c1noc(-c2cc(I)ccc2O)n1)C(C)(C)C. The first-order valence-corrected chi connectivity index (χ1v) is 7.85. The van der Waals surface area contributed by atoms with Crippen molar-refractivity contribution in [2.45, 2.75) is 33.8 Å². The smallest absolute Gasteiger partial charge is 0.261 e. The van der Waals surface area contributed by atoms with Crippen LogP contribution in [0.3, 0.4) is 0 Å². The molecule has 6 heteroatoms. The van der Waals surface area contributed by atoms with E-state index in [1.54, 1.807) is 12.1 Å². The highest BCUT2D eigenvalue weighted by molar-refractivity contribution is 14.1. The fourth-order valence-electron chi connectivity index (χ4n) is 2.01. The zero-order valence-corrected chi connectivity index (χ0v) is 14.7. The molecular weight excluding hydrogens is 383 g/mol. The minimum atomic E-state index is -0.259. The molecule has 0 bridgehead atoms. The number of hydrogen-bond acceptors (Lipinski definition) is 5. The van der Waals surface area contributed by atoms with E-state index in [1.807, 2.05) is 13.0 Å². The summed E-state index contributed by atoms with van der Waals surface area (Å²) in [6.45, 7) is 8.69. The molecule has 1 heterocycles. The first kappa shape index (κ1) is 16.2. The summed E-state index contributed by atoms with van der Waals surface area (Å²) in [5, 5.41) is 14.0. The number of aromatic nitrogens is 2. The van der Waals surface area contributed by atoms with Gasteiger partial charge in [-0.2, -0.15) is 4.98 Å². The molecule has 2 aromatic rings. The van der Waals surface area contributed by atoms with Gasteiger partial charge in [-0.25, -0.2) is 0 Å². The average molecular weight is 402 g/mol. The molecule has 0 fully saturated rings. The highest BCUT2D eigenvalue weighted by atomic mass is 127. The highest BCUT2D eigenvalue weighted by Gasteiger charge is 2.31. The summed E-state index contributed by atoms with van der Waals surface area (Å²) in [6.07, 6.45) is -0.259. The lowest BCUT2D eigenvalue weighted by Crippen LogP contribution is -2.22. The van der Waals surface area contributed by atoms with Gasteiger partial charge >= 0.3 is 0 Å². The Bertz CT molecular complexity index is 620. The van der Waals surface area contributed by atoms with Gasteiger partial charge in [0.15, 0.2) is 0 Å². The summed E-state index contributed by atoms with van der Waals surface area (Å²) in [7, 11) is 0. The number of phenols is 1. The molecule has 0 saturated heterocycles. The third kappa shape index (κ3) is 3.74. The van der Waals surface area contributed by atoms with Gasteiger partial charge in [0.25, 0.3) is 5.89 Å². The van der Waals surface area contributed by atoms with Crippen LogP contribution < -0.4 is 0 Å². The van der Waals surface area contributed by atoms with Crippen LogP contribution in [0, 0.1) is 8.99 Å². The van der Waals surface area contributed by atoms with Crippen LogP contribution in [0.2, 0.25) is 0 Å². The largest absolute Gasteiger partial charge is 0.507 e. The normalized spacial score (nSPS) is 13.4. The average Bonchev–Trinajstić information content (AvgIpc) is 2.86. The number of ether oxygens (including phenoxy) is 1. The van der Waals surface area contributed by atoms with Crippen molar-refractivity contribution in [3.05, 3.63) is 27.6 Å². The zero-order chi connectivity index (χ0) is 15.6. The number of halogens is 1. The Morgan fingerprint density at radius 2 is 2.10 bits per heavy atom. The van der Waals surface area contributed by atoms with Crippen molar-refractivity contribution in [3.8, 4) is 17.2 Å². The van der Waals surface area contributed by atoms with E-state index < -0.39 is 0 Å². The number of aromatic hydroxyl groups is 1. The molecule has 1 unspecified atom stereocenters. The van der Waals surface area contributed by atoms with E-state index in [2.05, 4.69) is 53.5 Å². The van der Waals surface area contributed by atoms with Crippen molar-refractivity contribution in [1.82, 2.24) is 10.1 Å². The Morgan fingerprint density at radius 1 is 1.38 bits per heavy atom. The molecule has 0 aliphatic carbocycles. The van der Waals surface area contributed by atoms with Crippen LogP contribution in [-0.4, -0.2) is 21.9 Å². The van der Waals surface area contributed by atoms with E-state index in [0.29, 0.717) is 23.9 Å². The van der Waals surface area contributed by atoms with Gasteiger partial charge in [-0.05, 0) is 53.1 Å². The molecule has 21 heavy (non-hydrogen) atoms. The van der Waals surface area contributed by atoms with E-state index >= 15 is 0 Å². The Balaban J connectivity index is 2.38. The van der Waals surface area contributed by atoms with Crippen LogP contribution in [0.4, 0.5) is 0 Å². The number of benzene rings is 1. The summed E-state index contributed by atoms with van der Waals surface area (Å²) in [5.74, 6) is 0.918. The zero-order valence-electron chi connectivity index (χ0n) is 12.6. The molecule has 1 N–H and O–H groups in total. The van der Waals surface area contributed by atoms with E-state index in [0.717, 1.165) is 3.57 Å². The Hall–Kier alpha value is -1.15. The Labute approximate surface area is 137 Å². The number of rotatable bonds is 4. The molecule has 0 amide bonds. The molecule has 0 aliphatic heterocycles. The van der Waals surface area contributed by atoms with Crippen LogP contribution in [0.25, 0.3) is 11.5 Å². The van der Waals surface area contributed by atoms with Crippen molar-refractivity contribution < 1.29 is 14.4 Å². The van der Waals surface area contributed by atoms with E-state index in [9.17, 15) is 5.11 Å². The van der Waals surface area contributed by atoms with E-state index in [-0.39, 0.29) is 17.3 Å². The van der Waals surface area contributed by atoms with E-state index in [1.165, 1.54) is 0 Å². The standard InChI is InChI=1S/C15H19IN2O3/c1-5-20-12(15(2,3)4)13-17-14(21-18-13)10-8-9(16)6-7-11(10)19/h6-8,12,19H,5H2,1-4H3. The maximum absolute atomic E-state index is 9.94.